The number of ether oxygens (including phenoxy) is 1. The Hall–Kier alpha value is -1.43. The Bertz CT molecular complexity index is 465. The molecule has 0 heterocycles. The Balaban J connectivity index is 2.39. The average molecular weight is 332 g/mol. The van der Waals surface area contributed by atoms with Crippen LogP contribution in [0.25, 0.3) is 0 Å². The predicted molar refractivity (Wildman–Crippen MR) is 72.3 cm³/mol. The standard InChI is InChI=1S/C13H15BrFNO3/c1-2-19-12(17)4-3-7-16-13(18)10-8-9(14)5-6-11(10)15/h5-6,8H,2-4,7H2,1H3,(H,16,18). The zero-order valence-corrected chi connectivity index (χ0v) is 12.1. The van der Waals surface area contributed by atoms with Crippen molar-refractivity contribution in [3.05, 3.63) is 34.1 Å². The average Bonchev–Trinajstić information content (AvgIpc) is 2.37. The van der Waals surface area contributed by atoms with Gasteiger partial charge in [0.25, 0.3) is 5.91 Å². The molecule has 1 aromatic rings. The maximum absolute atomic E-state index is 13.4. The molecule has 0 bridgehead atoms. The topological polar surface area (TPSA) is 55.4 Å². The number of rotatable bonds is 6. The van der Waals surface area contributed by atoms with Gasteiger partial charge in [0.05, 0.1) is 12.2 Å². The van der Waals surface area contributed by atoms with Crippen LogP contribution in [0.2, 0.25) is 0 Å². The van der Waals surface area contributed by atoms with Gasteiger partial charge in [-0.05, 0) is 31.5 Å². The van der Waals surface area contributed by atoms with Gasteiger partial charge in [0.1, 0.15) is 5.82 Å². The van der Waals surface area contributed by atoms with Crippen molar-refractivity contribution >= 4 is 27.8 Å². The van der Waals surface area contributed by atoms with Crippen LogP contribution in [0, 0.1) is 5.82 Å². The summed E-state index contributed by atoms with van der Waals surface area (Å²) in [5.41, 5.74) is -0.0227. The first-order valence-electron chi connectivity index (χ1n) is 5.93. The van der Waals surface area contributed by atoms with Gasteiger partial charge in [-0.2, -0.15) is 0 Å². The molecule has 1 N–H and O–H groups in total. The summed E-state index contributed by atoms with van der Waals surface area (Å²) in [6, 6.07) is 4.15. The molecule has 0 saturated carbocycles. The van der Waals surface area contributed by atoms with Crippen molar-refractivity contribution in [3.63, 3.8) is 0 Å². The molecule has 0 aliphatic heterocycles. The summed E-state index contributed by atoms with van der Waals surface area (Å²) in [7, 11) is 0. The Morgan fingerprint density at radius 1 is 1.42 bits per heavy atom. The highest BCUT2D eigenvalue weighted by Crippen LogP contribution is 2.15. The lowest BCUT2D eigenvalue weighted by molar-refractivity contribution is -0.143. The van der Waals surface area contributed by atoms with E-state index in [1.807, 2.05) is 0 Å². The fourth-order valence-electron chi connectivity index (χ4n) is 1.43. The second-order valence-electron chi connectivity index (χ2n) is 3.79. The molecule has 6 heteroatoms. The second kappa shape index (κ2) is 7.89. The van der Waals surface area contributed by atoms with E-state index < -0.39 is 11.7 Å². The lowest BCUT2D eigenvalue weighted by atomic mass is 10.2. The molecule has 0 aliphatic carbocycles. The number of hydrogen-bond acceptors (Lipinski definition) is 3. The van der Waals surface area contributed by atoms with Gasteiger partial charge in [0.15, 0.2) is 0 Å². The smallest absolute Gasteiger partial charge is 0.305 e. The number of hydrogen-bond donors (Lipinski definition) is 1. The summed E-state index contributed by atoms with van der Waals surface area (Å²) >= 11 is 3.17. The first kappa shape index (κ1) is 15.6. The van der Waals surface area contributed by atoms with Gasteiger partial charge in [-0.3, -0.25) is 9.59 Å². The van der Waals surface area contributed by atoms with Crippen LogP contribution in [0.4, 0.5) is 4.39 Å². The Morgan fingerprint density at radius 3 is 2.84 bits per heavy atom. The summed E-state index contributed by atoms with van der Waals surface area (Å²) in [5, 5.41) is 2.56. The molecule has 0 aromatic heterocycles. The van der Waals surface area contributed by atoms with Gasteiger partial charge in [-0.25, -0.2) is 4.39 Å². The molecule has 0 atom stereocenters. The molecule has 1 aromatic carbocycles. The molecule has 1 rings (SSSR count). The van der Waals surface area contributed by atoms with E-state index in [4.69, 9.17) is 4.74 Å². The lowest BCUT2D eigenvalue weighted by Gasteiger charge is -2.06. The number of esters is 1. The maximum Gasteiger partial charge on any atom is 0.305 e. The van der Waals surface area contributed by atoms with Crippen molar-refractivity contribution in [3.8, 4) is 0 Å². The van der Waals surface area contributed by atoms with Crippen LogP contribution in [0.3, 0.4) is 0 Å². The molecule has 0 spiro atoms. The van der Waals surface area contributed by atoms with Crippen molar-refractivity contribution in [1.82, 2.24) is 5.32 Å². The van der Waals surface area contributed by atoms with E-state index >= 15 is 0 Å². The molecule has 4 nitrogen and oxygen atoms in total. The quantitative estimate of drug-likeness (QED) is 0.644. The van der Waals surface area contributed by atoms with Crippen LogP contribution in [0.15, 0.2) is 22.7 Å². The van der Waals surface area contributed by atoms with E-state index in [1.165, 1.54) is 18.2 Å². The van der Waals surface area contributed by atoms with Crippen molar-refractivity contribution in [2.45, 2.75) is 19.8 Å². The first-order chi connectivity index (χ1) is 9.04. The fraction of sp³-hybridized carbons (Fsp3) is 0.385. The van der Waals surface area contributed by atoms with Crippen molar-refractivity contribution < 1.29 is 18.7 Å². The van der Waals surface area contributed by atoms with Crippen molar-refractivity contribution in [2.24, 2.45) is 0 Å². The summed E-state index contributed by atoms with van der Waals surface area (Å²) < 4.78 is 18.8. The number of carbonyl (C=O) groups excluding carboxylic acids is 2. The summed E-state index contributed by atoms with van der Waals surface area (Å²) in [6.45, 7) is 2.37. The molecule has 0 radical (unpaired) electrons. The molecular formula is C13H15BrFNO3. The van der Waals surface area contributed by atoms with Crippen LogP contribution in [-0.4, -0.2) is 25.0 Å². The predicted octanol–water partition coefficient (Wildman–Crippen LogP) is 2.66. The van der Waals surface area contributed by atoms with E-state index in [0.717, 1.165) is 0 Å². The number of benzene rings is 1. The Kier molecular flexibility index (Phi) is 6.49. The molecule has 0 fully saturated rings. The lowest BCUT2D eigenvalue weighted by Crippen LogP contribution is -2.26. The van der Waals surface area contributed by atoms with E-state index in [2.05, 4.69) is 21.2 Å². The molecular weight excluding hydrogens is 317 g/mol. The molecule has 104 valence electrons. The van der Waals surface area contributed by atoms with Gasteiger partial charge in [-0.1, -0.05) is 15.9 Å². The van der Waals surface area contributed by atoms with Crippen molar-refractivity contribution in [2.75, 3.05) is 13.2 Å². The van der Waals surface area contributed by atoms with Crippen LogP contribution < -0.4 is 5.32 Å². The summed E-state index contributed by atoms with van der Waals surface area (Å²) in [6.07, 6.45) is 0.690. The fourth-order valence-corrected chi connectivity index (χ4v) is 1.80. The maximum atomic E-state index is 13.4. The van der Waals surface area contributed by atoms with Gasteiger partial charge >= 0.3 is 5.97 Å². The SMILES string of the molecule is CCOC(=O)CCCNC(=O)c1cc(Br)ccc1F. The van der Waals surface area contributed by atoms with Gasteiger partial charge in [-0.15, -0.1) is 0 Å². The molecule has 19 heavy (non-hydrogen) atoms. The highest BCUT2D eigenvalue weighted by molar-refractivity contribution is 9.10. The summed E-state index contributed by atoms with van der Waals surface area (Å²) in [5.74, 6) is -1.38. The monoisotopic (exact) mass is 331 g/mol. The normalized spacial score (nSPS) is 10.1. The van der Waals surface area contributed by atoms with Crippen LogP contribution in [0.5, 0.6) is 0 Å². The number of halogens is 2. The van der Waals surface area contributed by atoms with Crippen LogP contribution in [-0.2, 0) is 9.53 Å². The second-order valence-corrected chi connectivity index (χ2v) is 4.70. The number of carbonyl (C=O) groups is 2. The van der Waals surface area contributed by atoms with Gasteiger partial charge < -0.3 is 10.1 Å². The molecule has 0 saturated heterocycles. The minimum Gasteiger partial charge on any atom is -0.466 e. The van der Waals surface area contributed by atoms with Crippen LogP contribution in [0.1, 0.15) is 30.1 Å². The summed E-state index contributed by atoms with van der Waals surface area (Å²) in [4.78, 5) is 22.8. The van der Waals surface area contributed by atoms with E-state index in [1.54, 1.807) is 6.92 Å². The zero-order valence-electron chi connectivity index (χ0n) is 10.5. The Labute approximate surface area is 119 Å². The van der Waals surface area contributed by atoms with Gasteiger partial charge in [0, 0.05) is 17.4 Å². The minimum absolute atomic E-state index is 0.0227. The Morgan fingerprint density at radius 2 is 2.16 bits per heavy atom. The van der Waals surface area contributed by atoms with Crippen molar-refractivity contribution in [1.29, 1.82) is 0 Å². The number of amides is 1. The third kappa shape index (κ3) is 5.38. The van der Waals surface area contributed by atoms with E-state index in [9.17, 15) is 14.0 Å². The van der Waals surface area contributed by atoms with E-state index in [0.29, 0.717) is 24.0 Å². The highest BCUT2D eigenvalue weighted by atomic mass is 79.9. The van der Waals surface area contributed by atoms with E-state index in [-0.39, 0.29) is 18.0 Å². The third-order valence-corrected chi connectivity index (χ3v) is 2.81. The minimum atomic E-state index is -0.578. The number of nitrogens with one attached hydrogen (secondary N) is 1. The molecule has 0 unspecified atom stereocenters. The molecule has 0 aliphatic rings. The molecule has 1 amide bonds. The van der Waals surface area contributed by atoms with Crippen LogP contribution >= 0.6 is 15.9 Å². The third-order valence-electron chi connectivity index (χ3n) is 2.32. The zero-order chi connectivity index (χ0) is 14.3. The first-order valence-corrected chi connectivity index (χ1v) is 6.72. The largest absolute Gasteiger partial charge is 0.466 e. The highest BCUT2D eigenvalue weighted by Gasteiger charge is 2.11. The van der Waals surface area contributed by atoms with Gasteiger partial charge in [0.2, 0.25) is 0 Å².